The summed E-state index contributed by atoms with van der Waals surface area (Å²) in [6, 6.07) is 0.240. The van der Waals surface area contributed by atoms with Crippen LogP contribution in [0, 0.1) is 5.92 Å². The van der Waals surface area contributed by atoms with E-state index < -0.39 is 0 Å². The summed E-state index contributed by atoms with van der Waals surface area (Å²) in [6.07, 6.45) is 2.14. The lowest BCUT2D eigenvalue weighted by molar-refractivity contribution is -0.126. The molecule has 100 valence electrons. The number of rotatable bonds is 6. The first-order valence-corrected chi connectivity index (χ1v) is 6.90. The quantitative estimate of drug-likeness (QED) is 0.724. The van der Waals surface area contributed by atoms with Crippen LogP contribution in [0.4, 0.5) is 0 Å². The summed E-state index contributed by atoms with van der Waals surface area (Å²) in [4.78, 5) is 14.3. The molecule has 0 bridgehead atoms. The summed E-state index contributed by atoms with van der Waals surface area (Å²) in [6.45, 7) is 11.3. The van der Waals surface area contributed by atoms with Gasteiger partial charge in [-0.2, -0.15) is 0 Å². The Bertz CT molecular complexity index is 223. The van der Waals surface area contributed by atoms with Crippen LogP contribution in [0.3, 0.4) is 0 Å². The molecule has 1 unspecified atom stereocenters. The number of nitrogens with zero attached hydrogens (tertiary/aromatic N) is 1. The van der Waals surface area contributed by atoms with Gasteiger partial charge in [0.15, 0.2) is 0 Å². The zero-order valence-electron chi connectivity index (χ0n) is 11.5. The summed E-state index contributed by atoms with van der Waals surface area (Å²) in [5, 5.41) is 6.41. The molecule has 1 saturated heterocycles. The second-order valence-electron chi connectivity index (χ2n) is 4.94. The third-order valence-corrected chi connectivity index (χ3v) is 3.48. The minimum atomic E-state index is 0.169. The lowest BCUT2D eigenvalue weighted by Gasteiger charge is -2.27. The fourth-order valence-corrected chi connectivity index (χ4v) is 2.35. The maximum atomic E-state index is 12.0. The fourth-order valence-electron chi connectivity index (χ4n) is 2.35. The van der Waals surface area contributed by atoms with E-state index in [1.165, 1.54) is 0 Å². The molecule has 1 aliphatic heterocycles. The van der Waals surface area contributed by atoms with E-state index in [0.29, 0.717) is 0 Å². The molecule has 0 aromatic carbocycles. The van der Waals surface area contributed by atoms with Gasteiger partial charge in [0.25, 0.3) is 0 Å². The molecular formula is C13H27N3O. The number of amides is 1. The Morgan fingerprint density at radius 2 is 2.18 bits per heavy atom. The van der Waals surface area contributed by atoms with Gasteiger partial charge in [-0.3, -0.25) is 4.79 Å². The maximum Gasteiger partial charge on any atom is 0.224 e. The average molecular weight is 241 g/mol. The molecule has 17 heavy (non-hydrogen) atoms. The summed E-state index contributed by atoms with van der Waals surface area (Å²) < 4.78 is 0. The van der Waals surface area contributed by atoms with E-state index in [2.05, 4.69) is 36.3 Å². The lowest BCUT2D eigenvalue weighted by atomic mass is 9.98. The van der Waals surface area contributed by atoms with Gasteiger partial charge in [0.2, 0.25) is 5.91 Å². The van der Waals surface area contributed by atoms with Crippen LogP contribution < -0.4 is 10.6 Å². The Morgan fingerprint density at radius 1 is 1.47 bits per heavy atom. The van der Waals surface area contributed by atoms with E-state index in [1.807, 2.05) is 0 Å². The van der Waals surface area contributed by atoms with Crippen LogP contribution in [0.25, 0.3) is 0 Å². The van der Waals surface area contributed by atoms with E-state index in [4.69, 9.17) is 0 Å². The van der Waals surface area contributed by atoms with Crippen LogP contribution in [-0.4, -0.2) is 49.6 Å². The van der Waals surface area contributed by atoms with Crippen molar-refractivity contribution in [3.05, 3.63) is 0 Å². The fraction of sp³-hybridized carbons (Fsp3) is 0.923. The average Bonchev–Trinajstić information content (AvgIpc) is 2.37. The second kappa shape index (κ2) is 7.67. The first kappa shape index (κ1) is 14.5. The molecule has 2 atom stereocenters. The van der Waals surface area contributed by atoms with Gasteiger partial charge < -0.3 is 15.5 Å². The third kappa shape index (κ3) is 5.04. The van der Waals surface area contributed by atoms with Crippen molar-refractivity contribution in [3.8, 4) is 0 Å². The van der Waals surface area contributed by atoms with Crippen molar-refractivity contribution in [2.24, 2.45) is 5.92 Å². The second-order valence-corrected chi connectivity index (χ2v) is 4.94. The Kier molecular flexibility index (Phi) is 6.52. The maximum absolute atomic E-state index is 12.0. The number of carbonyl (C=O) groups excluding carboxylic acids is 1. The monoisotopic (exact) mass is 241 g/mol. The number of hydrogen-bond acceptors (Lipinski definition) is 3. The molecule has 1 aliphatic rings. The summed E-state index contributed by atoms with van der Waals surface area (Å²) >= 11 is 0. The molecule has 0 spiro atoms. The van der Waals surface area contributed by atoms with Gasteiger partial charge in [0.05, 0.1) is 5.92 Å². The van der Waals surface area contributed by atoms with Crippen molar-refractivity contribution in [2.75, 3.05) is 32.7 Å². The van der Waals surface area contributed by atoms with E-state index in [-0.39, 0.29) is 17.9 Å². The molecule has 2 N–H and O–H groups in total. The first-order valence-electron chi connectivity index (χ1n) is 6.90. The van der Waals surface area contributed by atoms with Gasteiger partial charge in [-0.25, -0.2) is 0 Å². The van der Waals surface area contributed by atoms with Crippen molar-refractivity contribution in [1.29, 1.82) is 0 Å². The minimum absolute atomic E-state index is 0.169. The summed E-state index contributed by atoms with van der Waals surface area (Å²) in [5.41, 5.74) is 0. The Labute approximate surface area is 105 Å². The van der Waals surface area contributed by atoms with Crippen LogP contribution in [0.2, 0.25) is 0 Å². The highest BCUT2D eigenvalue weighted by atomic mass is 16.2. The van der Waals surface area contributed by atoms with Crippen molar-refractivity contribution < 1.29 is 4.79 Å². The van der Waals surface area contributed by atoms with Crippen LogP contribution in [0.15, 0.2) is 0 Å². The van der Waals surface area contributed by atoms with E-state index in [1.54, 1.807) is 0 Å². The van der Waals surface area contributed by atoms with Crippen LogP contribution in [-0.2, 0) is 4.79 Å². The molecule has 0 aromatic rings. The van der Waals surface area contributed by atoms with Gasteiger partial charge in [-0.1, -0.05) is 13.8 Å². The smallest absolute Gasteiger partial charge is 0.224 e. The van der Waals surface area contributed by atoms with Crippen molar-refractivity contribution in [2.45, 2.75) is 39.7 Å². The molecule has 1 amide bonds. The highest BCUT2D eigenvalue weighted by Gasteiger charge is 2.22. The normalized spacial score (nSPS) is 22.5. The minimum Gasteiger partial charge on any atom is -0.352 e. The predicted molar refractivity (Wildman–Crippen MR) is 71.0 cm³/mol. The van der Waals surface area contributed by atoms with Crippen LogP contribution in [0.1, 0.15) is 33.6 Å². The van der Waals surface area contributed by atoms with Crippen LogP contribution >= 0.6 is 0 Å². The van der Waals surface area contributed by atoms with Crippen molar-refractivity contribution in [3.63, 3.8) is 0 Å². The summed E-state index contributed by atoms with van der Waals surface area (Å²) in [7, 11) is 0. The number of hydrogen-bond donors (Lipinski definition) is 2. The Hall–Kier alpha value is -0.610. The van der Waals surface area contributed by atoms with Gasteiger partial charge >= 0.3 is 0 Å². The molecule has 0 aromatic heterocycles. The SMILES string of the molecule is CCN(CC)CC(C)NC(=O)[C@H]1CCCNC1. The van der Waals surface area contributed by atoms with Gasteiger partial charge in [-0.15, -0.1) is 0 Å². The molecule has 0 aliphatic carbocycles. The first-order chi connectivity index (χ1) is 8.17. The van der Waals surface area contributed by atoms with E-state index in [9.17, 15) is 4.79 Å². The number of piperidine rings is 1. The van der Waals surface area contributed by atoms with E-state index >= 15 is 0 Å². The van der Waals surface area contributed by atoms with Crippen molar-refractivity contribution in [1.82, 2.24) is 15.5 Å². The lowest BCUT2D eigenvalue weighted by Crippen LogP contribution is -2.47. The highest BCUT2D eigenvalue weighted by Crippen LogP contribution is 2.10. The highest BCUT2D eigenvalue weighted by molar-refractivity contribution is 5.79. The number of carbonyl (C=O) groups is 1. The molecular weight excluding hydrogens is 214 g/mol. The zero-order chi connectivity index (χ0) is 12.7. The molecule has 1 heterocycles. The Morgan fingerprint density at radius 3 is 2.71 bits per heavy atom. The molecule has 1 fully saturated rings. The van der Waals surface area contributed by atoms with Gasteiger partial charge in [-0.05, 0) is 39.4 Å². The predicted octanol–water partition coefficient (Wildman–Crippen LogP) is 0.833. The van der Waals surface area contributed by atoms with Crippen molar-refractivity contribution >= 4 is 5.91 Å². The Balaban J connectivity index is 2.29. The number of nitrogens with one attached hydrogen (secondary N) is 2. The number of likely N-dealkylation sites (N-methyl/N-ethyl adjacent to an activating group) is 1. The van der Waals surface area contributed by atoms with Gasteiger partial charge in [0, 0.05) is 19.1 Å². The van der Waals surface area contributed by atoms with E-state index in [0.717, 1.165) is 45.6 Å². The van der Waals surface area contributed by atoms with Crippen LogP contribution in [0.5, 0.6) is 0 Å². The molecule has 0 radical (unpaired) electrons. The molecule has 4 nitrogen and oxygen atoms in total. The summed E-state index contributed by atoms with van der Waals surface area (Å²) in [5.74, 6) is 0.389. The molecule has 4 heteroatoms. The topological polar surface area (TPSA) is 44.4 Å². The zero-order valence-corrected chi connectivity index (χ0v) is 11.5. The van der Waals surface area contributed by atoms with Gasteiger partial charge in [0.1, 0.15) is 0 Å². The standard InChI is InChI=1S/C13H27N3O/c1-4-16(5-2)10-11(3)15-13(17)12-7-6-8-14-9-12/h11-12,14H,4-10H2,1-3H3,(H,15,17)/t11?,12-/m0/s1. The largest absolute Gasteiger partial charge is 0.352 e. The molecule has 1 rings (SSSR count). The third-order valence-electron chi connectivity index (χ3n) is 3.48. The molecule has 0 saturated carbocycles.